The summed E-state index contributed by atoms with van der Waals surface area (Å²) in [5, 5.41) is 0. The Balaban J connectivity index is 1.11. The van der Waals surface area contributed by atoms with Crippen LogP contribution in [0.25, 0.3) is 11.0 Å². The van der Waals surface area contributed by atoms with Gasteiger partial charge in [0.2, 0.25) is 5.88 Å². The second kappa shape index (κ2) is 12.4. The van der Waals surface area contributed by atoms with E-state index < -0.39 is 0 Å². The van der Waals surface area contributed by atoms with Crippen molar-refractivity contribution in [2.24, 2.45) is 0 Å². The van der Waals surface area contributed by atoms with Gasteiger partial charge in [-0.15, -0.1) is 0 Å². The predicted molar refractivity (Wildman–Crippen MR) is 160 cm³/mol. The number of pyridine rings is 1. The quantitative estimate of drug-likeness (QED) is 0.167. The largest absolute Gasteiger partial charge is 0.473 e. The minimum absolute atomic E-state index is 0.145. The van der Waals surface area contributed by atoms with Crippen molar-refractivity contribution in [3.8, 4) is 5.88 Å². The lowest BCUT2D eigenvalue weighted by Crippen LogP contribution is -2.35. The van der Waals surface area contributed by atoms with Crippen LogP contribution in [0.4, 0.5) is 4.39 Å². The molecule has 2 aliphatic heterocycles. The molecular formula is C31H32FIN4O4. The number of rotatable bonds is 9. The van der Waals surface area contributed by atoms with Crippen molar-refractivity contribution in [1.29, 1.82) is 0 Å². The standard InChI is InChI=1S/C31H32FIN4O4/c1-39-31(38)21-6-8-27-28(15-21)37(17-24-11-14-40-24)29(34-27)18-36-12-9-20(10-13-36)26-3-2-4-30(35-26)41-19-22-5-7-23(33)16-25(22)32/h2-8,15-16,20,24H,9-14,17-19H2,1H3. The molecule has 4 aromatic rings. The van der Waals surface area contributed by atoms with Gasteiger partial charge in [-0.3, -0.25) is 4.90 Å². The number of esters is 1. The number of ether oxygens (including phenoxy) is 3. The SMILES string of the molecule is COC(=O)c1ccc2nc(CN3CCC(c4cccc(OCc5ccc(I)cc5F)n4)CC3)n(CC3CCO3)c2c1. The van der Waals surface area contributed by atoms with Gasteiger partial charge < -0.3 is 18.8 Å². The average Bonchev–Trinajstić information content (AvgIpc) is 3.30. The molecule has 0 aliphatic carbocycles. The van der Waals surface area contributed by atoms with Crippen molar-refractivity contribution in [2.75, 3.05) is 26.8 Å². The van der Waals surface area contributed by atoms with Crippen molar-refractivity contribution < 1.29 is 23.4 Å². The molecule has 2 fully saturated rings. The van der Waals surface area contributed by atoms with Crippen LogP contribution in [0.3, 0.4) is 0 Å². The molecule has 0 bridgehead atoms. The number of piperidine rings is 1. The molecule has 0 radical (unpaired) electrons. The van der Waals surface area contributed by atoms with E-state index in [4.69, 9.17) is 24.2 Å². The number of nitrogens with zero attached hydrogens (tertiary/aromatic N) is 4. The Morgan fingerprint density at radius 1 is 1.10 bits per heavy atom. The Morgan fingerprint density at radius 3 is 2.66 bits per heavy atom. The molecule has 41 heavy (non-hydrogen) atoms. The van der Waals surface area contributed by atoms with Gasteiger partial charge in [0.15, 0.2) is 0 Å². The molecule has 0 spiro atoms. The lowest BCUT2D eigenvalue weighted by molar-refractivity contribution is -0.0592. The Kier molecular flexibility index (Phi) is 8.50. The molecule has 8 nitrogen and oxygen atoms in total. The smallest absolute Gasteiger partial charge is 0.337 e. The van der Waals surface area contributed by atoms with Crippen LogP contribution < -0.4 is 4.74 Å². The zero-order valence-electron chi connectivity index (χ0n) is 22.9. The summed E-state index contributed by atoms with van der Waals surface area (Å²) in [6, 6.07) is 16.5. The second-order valence-electron chi connectivity index (χ2n) is 10.6. The zero-order valence-corrected chi connectivity index (χ0v) is 25.1. The van der Waals surface area contributed by atoms with Crippen molar-refractivity contribution in [3.63, 3.8) is 0 Å². The fraction of sp³-hybridized carbons (Fsp3) is 0.387. The van der Waals surface area contributed by atoms with Crippen LogP contribution in [0.15, 0.2) is 54.6 Å². The number of methoxy groups -OCH3 is 1. The Bertz CT molecular complexity index is 1550. The first-order valence-corrected chi connectivity index (χ1v) is 15.0. The lowest BCUT2D eigenvalue weighted by atomic mass is 9.93. The molecular weight excluding hydrogens is 638 g/mol. The molecule has 0 saturated carbocycles. The third-order valence-electron chi connectivity index (χ3n) is 7.93. The minimum Gasteiger partial charge on any atom is -0.473 e. The molecule has 2 saturated heterocycles. The lowest BCUT2D eigenvalue weighted by Gasteiger charge is -2.32. The zero-order chi connectivity index (χ0) is 28.3. The first-order chi connectivity index (χ1) is 20.0. The topological polar surface area (TPSA) is 78.7 Å². The summed E-state index contributed by atoms with van der Waals surface area (Å²) in [6.07, 6.45) is 3.14. The fourth-order valence-electron chi connectivity index (χ4n) is 5.49. The number of hydrogen-bond acceptors (Lipinski definition) is 7. The summed E-state index contributed by atoms with van der Waals surface area (Å²) >= 11 is 2.09. The number of fused-ring (bicyclic) bond motifs is 1. The van der Waals surface area contributed by atoms with E-state index in [1.165, 1.54) is 13.2 Å². The summed E-state index contributed by atoms with van der Waals surface area (Å²) in [7, 11) is 1.40. The third kappa shape index (κ3) is 6.39. The number of likely N-dealkylation sites (tertiary alicyclic amines) is 1. The molecule has 0 amide bonds. The highest BCUT2D eigenvalue weighted by atomic mass is 127. The van der Waals surface area contributed by atoms with Gasteiger partial charge in [0.25, 0.3) is 0 Å². The Hall–Kier alpha value is -3.09. The van der Waals surface area contributed by atoms with Crippen molar-refractivity contribution in [2.45, 2.75) is 51.0 Å². The first-order valence-electron chi connectivity index (χ1n) is 13.9. The number of benzene rings is 2. The highest BCUT2D eigenvalue weighted by Gasteiger charge is 2.26. The van der Waals surface area contributed by atoms with Crippen LogP contribution in [0.2, 0.25) is 0 Å². The van der Waals surface area contributed by atoms with Crippen molar-refractivity contribution in [1.82, 2.24) is 19.4 Å². The van der Waals surface area contributed by atoms with E-state index in [-0.39, 0.29) is 24.5 Å². The molecule has 4 heterocycles. The fourth-order valence-corrected chi connectivity index (χ4v) is 5.94. The number of carbonyl (C=O) groups is 1. The maximum Gasteiger partial charge on any atom is 0.337 e. The van der Waals surface area contributed by atoms with Gasteiger partial charge >= 0.3 is 5.97 Å². The van der Waals surface area contributed by atoms with E-state index in [1.807, 2.05) is 30.3 Å². The Labute approximate surface area is 252 Å². The molecule has 2 aromatic carbocycles. The van der Waals surface area contributed by atoms with Crippen LogP contribution in [0, 0.1) is 9.39 Å². The number of aromatic nitrogens is 3. The van der Waals surface area contributed by atoms with Gasteiger partial charge in [-0.25, -0.2) is 19.2 Å². The van der Waals surface area contributed by atoms with Gasteiger partial charge in [-0.1, -0.05) is 12.1 Å². The Morgan fingerprint density at radius 2 is 1.93 bits per heavy atom. The van der Waals surface area contributed by atoms with E-state index >= 15 is 0 Å². The molecule has 0 N–H and O–H groups in total. The van der Waals surface area contributed by atoms with E-state index in [9.17, 15) is 9.18 Å². The molecule has 214 valence electrons. The summed E-state index contributed by atoms with van der Waals surface area (Å²) in [5.41, 5.74) is 3.84. The van der Waals surface area contributed by atoms with E-state index in [1.54, 1.807) is 12.1 Å². The molecule has 1 atom stereocenters. The van der Waals surface area contributed by atoms with Crippen LogP contribution in [-0.2, 0) is 29.2 Å². The number of hydrogen-bond donors (Lipinski definition) is 0. The van der Waals surface area contributed by atoms with Gasteiger partial charge in [0.05, 0.1) is 42.9 Å². The van der Waals surface area contributed by atoms with E-state index in [0.29, 0.717) is 22.9 Å². The van der Waals surface area contributed by atoms with Gasteiger partial charge in [-0.2, -0.15) is 0 Å². The van der Waals surface area contributed by atoms with Crippen LogP contribution in [-0.4, -0.2) is 58.3 Å². The molecule has 2 aliphatic rings. The van der Waals surface area contributed by atoms with Gasteiger partial charge in [0, 0.05) is 33.4 Å². The maximum atomic E-state index is 14.2. The highest BCUT2D eigenvalue weighted by molar-refractivity contribution is 14.1. The maximum absolute atomic E-state index is 14.2. The summed E-state index contributed by atoms with van der Waals surface area (Å²) < 4.78 is 33.8. The number of halogens is 2. The summed E-state index contributed by atoms with van der Waals surface area (Å²) in [6.45, 7) is 4.21. The number of imidazole rings is 1. The highest BCUT2D eigenvalue weighted by Crippen LogP contribution is 2.30. The second-order valence-corrected chi connectivity index (χ2v) is 11.8. The van der Waals surface area contributed by atoms with Crippen LogP contribution >= 0.6 is 22.6 Å². The molecule has 2 aromatic heterocycles. The first kappa shape index (κ1) is 28.0. The minimum atomic E-state index is -0.353. The van der Waals surface area contributed by atoms with E-state index in [0.717, 1.165) is 78.2 Å². The average molecular weight is 671 g/mol. The normalized spacial score (nSPS) is 17.9. The molecule has 1 unspecified atom stereocenters. The monoisotopic (exact) mass is 670 g/mol. The summed E-state index contributed by atoms with van der Waals surface area (Å²) in [4.78, 5) is 24.3. The van der Waals surface area contributed by atoms with Crippen LogP contribution in [0.1, 0.15) is 52.6 Å². The predicted octanol–water partition coefficient (Wildman–Crippen LogP) is 5.71. The van der Waals surface area contributed by atoms with Crippen molar-refractivity contribution in [3.05, 3.63) is 86.6 Å². The third-order valence-corrected chi connectivity index (χ3v) is 8.61. The van der Waals surface area contributed by atoms with Crippen molar-refractivity contribution >= 4 is 39.6 Å². The molecule has 6 rings (SSSR count). The number of carbonyl (C=O) groups excluding carboxylic acids is 1. The van der Waals surface area contributed by atoms with Gasteiger partial charge in [-0.05, 0) is 91.3 Å². The van der Waals surface area contributed by atoms with Gasteiger partial charge in [0.1, 0.15) is 18.2 Å². The van der Waals surface area contributed by atoms with Crippen LogP contribution in [0.5, 0.6) is 5.88 Å². The van der Waals surface area contributed by atoms with E-state index in [2.05, 4.69) is 38.1 Å². The molecule has 10 heteroatoms. The summed E-state index contributed by atoms with van der Waals surface area (Å²) in [5.74, 6) is 1.20.